The van der Waals surface area contributed by atoms with Gasteiger partial charge in [0, 0.05) is 32.4 Å². The Morgan fingerprint density at radius 1 is 1.23 bits per heavy atom. The number of carbonyl (C=O) groups excluding carboxylic acids is 3. The predicted molar refractivity (Wildman–Crippen MR) is 81.8 cm³/mol. The number of amides is 3. The highest BCUT2D eigenvalue weighted by molar-refractivity contribution is 7.80. The molecule has 0 radical (unpaired) electrons. The zero-order valence-corrected chi connectivity index (χ0v) is 13.4. The first-order valence-corrected chi connectivity index (χ1v) is 7.38. The van der Waals surface area contributed by atoms with E-state index in [2.05, 4.69) is 28.0 Å². The molecule has 10 heteroatoms. The number of hydrogen-bond donors (Lipinski definition) is 4. The van der Waals surface area contributed by atoms with Crippen molar-refractivity contribution in [1.29, 1.82) is 0 Å². The Bertz CT molecular complexity index is 356. The summed E-state index contributed by atoms with van der Waals surface area (Å²) in [5.74, 6) is 0.482. The van der Waals surface area contributed by atoms with Crippen molar-refractivity contribution in [2.45, 2.75) is 18.9 Å². The average Bonchev–Trinajstić information content (AvgIpc) is 2.50. The normalized spacial score (nSPS) is 11.4. The Morgan fingerprint density at radius 3 is 2.50 bits per heavy atom. The van der Waals surface area contributed by atoms with E-state index in [-0.39, 0.29) is 25.7 Å². The summed E-state index contributed by atoms with van der Waals surface area (Å²) in [6.45, 7) is 0.521. The van der Waals surface area contributed by atoms with Crippen LogP contribution in [0.25, 0.3) is 0 Å². The van der Waals surface area contributed by atoms with Gasteiger partial charge in [0.25, 0.3) is 0 Å². The van der Waals surface area contributed by atoms with Crippen molar-refractivity contribution in [2.75, 3.05) is 39.2 Å². The number of hydrogen-bond acceptors (Lipinski definition) is 7. The predicted octanol–water partition coefficient (Wildman–Crippen LogP) is -0.351. The van der Waals surface area contributed by atoms with E-state index in [1.807, 2.05) is 0 Å². The van der Waals surface area contributed by atoms with Gasteiger partial charge in [-0.1, -0.05) is 0 Å². The van der Waals surface area contributed by atoms with Crippen LogP contribution in [0.2, 0.25) is 0 Å². The van der Waals surface area contributed by atoms with Crippen LogP contribution >= 0.6 is 12.6 Å². The maximum atomic E-state index is 11.4. The van der Waals surface area contributed by atoms with E-state index in [4.69, 9.17) is 15.2 Å². The molecule has 0 aromatic heterocycles. The number of ether oxygens (including phenoxy) is 3. The van der Waals surface area contributed by atoms with Gasteiger partial charge < -0.3 is 30.6 Å². The third-order valence-electron chi connectivity index (χ3n) is 2.35. The van der Waals surface area contributed by atoms with Crippen LogP contribution in [0.1, 0.15) is 12.8 Å². The second-order valence-corrected chi connectivity index (χ2v) is 4.60. The maximum absolute atomic E-state index is 11.4. The second kappa shape index (κ2) is 13.0. The molecule has 3 amide bonds. The standard InChI is InChI=1S/C12H23N3O6S/c1-14-12(18)21-8-9(7-20-11(13)17)19-5-2-3-10(16)15-4-6-22/h9,22H,2-8H2,1H3,(H2,13,17)(H,14,18)(H,15,16). The summed E-state index contributed by atoms with van der Waals surface area (Å²) in [5, 5.41) is 4.95. The summed E-state index contributed by atoms with van der Waals surface area (Å²) in [6.07, 6.45) is -1.44. The maximum Gasteiger partial charge on any atom is 0.406 e. The van der Waals surface area contributed by atoms with E-state index in [0.29, 0.717) is 25.1 Å². The van der Waals surface area contributed by atoms with E-state index in [0.717, 1.165) is 0 Å². The van der Waals surface area contributed by atoms with Crippen LogP contribution in [0.3, 0.4) is 0 Å². The van der Waals surface area contributed by atoms with Crippen molar-refractivity contribution in [3.63, 3.8) is 0 Å². The van der Waals surface area contributed by atoms with Gasteiger partial charge >= 0.3 is 12.2 Å². The molecule has 0 aromatic carbocycles. The van der Waals surface area contributed by atoms with Crippen molar-refractivity contribution in [3.05, 3.63) is 0 Å². The fourth-order valence-corrected chi connectivity index (χ4v) is 1.44. The lowest BCUT2D eigenvalue weighted by Gasteiger charge is -2.17. The molecule has 0 heterocycles. The SMILES string of the molecule is CNC(=O)OCC(COC(N)=O)OCCCC(=O)NCCS. The van der Waals surface area contributed by atoms with Crippen molar-refractivity contribution in [2.24, 2.45) is 5.73 Å². The Balaban J connectivity index is 3.97. The van der Waals surface area contributed by atoms with Gasteiger partial charge in [0.05, 0.1) is 0 Å². The Kier molecular flexibility index (Phi) is 12.0. The van der Waals surface area contributed by atoms with Gasteiger partial charge in [-0.3, -0.25) is 4.79 Å². The highest BCUT2D eigenvalue weighted by atomic mass is 32.1. The van der Waals surface area contributed by atoms with E-state index in [9.17, 15) is 14.4 Å². The van der Waals surface area contributed by atoms with Gasteiger partial charge in [0.1, 0.15) is 19.3 Å². The lowest BCUT2D eigenvalue weighted by atomic mass is 10.3. The molecule has 0 bridgehead atoms. The second-order valence-electron chi connectivity index (χ2n) is 4.15. The minimum absolute atomic E-state index is 0.0933. The van der Waals surface area contributed by atoms with Crippen LogP contribution in [0, 0.1) is 0 Å². The number of rotatable bonds is 11. The first-order chi connectivity index (χ1) is 10.5. The van der Waals surface area contributed by atoms with Crippen molar-refractivity contribution < 1.29 is 28.6 Å². The molecular formula is C12H23N3O6S. The fourth-order valence-electron chi connectivity index (χ4n) is 1.33. The third-order valence-corrected chi connectivity index (χ3v) is 2.58. The van der Waals surface area contributed by atoms with Crippen LogP contribution in [0.5, 0.6) is 0 Å². The van der Waals surface area contributed by atoms with Gasteiger partial charge in [0.15, 0.2) is 0 Å². The number of nitrogens with two attached hydrogens (primary N) is 1. The molecule has 1 atom stereocenters. The Morgan fingerprint density at radius 2 is 1.91 bits per heavy atom. The summed E-state index contributed by atoms with van der Waals surface area (Å²) < 4.78 is 14.8. The van der Waals surface area contributed by atoms with E-state index in [1.165, 1.54) is 7.05 Å². The van der Waals surface area contributed by atoms with Crippen molar-refractivity contribution in [1.82, 2.24) is 10.6 Å². The summed E-state index contributed by atoms with van der Waals surface area (Å²) in [7, 11) is 1.42. The minimum atomic E-state index is -0.945. The molecule has 0 rings (SSSR count). The number of thiol groups is 1. The number of alkyl carbamates (subject to hydrolysis) is 1. The molecule has 0 aliphatic carbocycles. The van der Waals surface area contributed by atoms with Crippen LogP contribution in [-0.4, -0.2) is 63.4 Å². The van der Waals surface area contributed by atoms with Crippen molar-refractivity contribution in [3.8, 4) is 0 Å². The quantitative estimate of drug-likeness (QED) is 0.301. The molecule has 0 spiro atoms. The molecule has 0 saturated heterocycles. The van der Waals surface area contributed by atoms with Gasteiger partial charge in [-0.2, -0.15) is 12.6 Å². The fraction of sp³-hybridized carbons (Fsp3) is 0.750. The van der Waals surface area contributed by atoms with E-state index >= 15 is 0 Å². The first kappa shape index (κ1) is 20.3. The monoisotopic (exact) mass is 337 g/mol. The van der Waals surface area contributed by atoms with E-state index < -0.39 is 18.3 Å². The average molecular weight is 337 g/mol. The molecule has 1 unspecified atom stereocenters. The summed E-state index contributed by atoms with van der Waals surface area (Å²) >= 11 is 3.98. The molecule has 0 saturated carbocycles. The largest absolute Gasteiger partial charge is 0.447 e. The lowest BCUT2D eigenvalue weighted by Crippen LogP contribution is -2.32. The van der Waals surface area contributed by atoms with Gasteiger partial charge in [-0.05, 0) is 6.42 Å². The molecule has 22 heavy (non-hydrogen) atoms. The number of primary amides is 1. The topological polar surface area (TPSA) is 129 Å². The summed E-state index contributed by atoms with van der Waals surface area (Å²) in [4.78, 5) is 32.9. The zero-order chi connectivity index (χ0) is 16.8. The van der Waals surface area contributed by atoms with Gasteiger partial charge in [-0.15, -0.1) is 0 Å². The van der Waals surface area contributed by atoms with Crippen LogP contribution in [0.4, 0.5) is 9.59 Å². The van der Waals surface area contributed by atoms with Crippen molar-refractivity contribution >= 4 is 30.7 Å². The molecule has 0 fully saturated rings. The first-order valence-electron chi connectivity index (χ1n) is 6.75. The third kappa shape index (κ3) is 12.1. The van der Waals surface area contributed by atoms with Gasteiger partial charge in [-0.25, -0.2) is 9.59 Å². The molecule has 0 aromatic rings. The number of carbonyl (C=O) groups is 3. The molecule has 128 valence electrons. The Hall–Kier alpha value is -1.68. The molecule has 0 aliphatic rings. The smallest absolute Gasteiger partial charge is 0.406 e. The van der Waals surface area contributed by atoms with E-state index in [1.54, 1.807) is 0 Å². The molecule has 4 N–H and O–H groups in total. The highest BCUT2D eigenvalue weighted by Crippen LogP contribution is 1.99. The summed E-state index contributed by atoms with van der Waals surface area (Å²) in [5.41, 5.74) is 4.87. The van der Waals surface area contributed by atoms with Crippen LogP contribution < -0.4 is 16.4 Å². The van der Waals surface area contributed by atoms with Crippen LogP contribution in [-0.2, 0) is 19.0 Å². The van der Waals surface area contributed by atoms with Crippen LogP contribution in [0.15, 0.2) is 0 Å². The Labute approximate surface area is 134 Å². The number of nitrogens with one attached hydrogen (secondary N) is 2. The molecule has 9 nitrogen and oxygen atoms in total. The zero-order valence-electron chi connectivity index (χ0n) is 12.5. The molecular weight excluding hydrogens is 314 g/mol. The van der Waals surface area contributed by atoms with Gasteiger partial charge in [0.2, 0.25) is 5.91 Å². The minimum Gasteiger partial charge on any atom is -0.447 e. The highest BCUT2D eigenvalue weighted by Gasteiger charge is 2.14. The summed E-state index contributed by atoms with van der Waals surface area (Å²) in [6, 6.07) is 0. The molecule has 0 aliphatic heterocycles. The lowest BCUT2D eigenvalue weighted by molar-refractivity contribution is -0.121.